The van der Waals surface area contributed by atoms with Gasteiger partial charge in [0.1, 0.15) is 24.8 Å². The second-order valence-corrected chi connectivity index (χ2v) is 8.61. The third kappa shape index (κ3) is 9.57. The van der Waals surface area contributed by atoms with E-state index in [1.165, 1.54) is 6.92 Å². The lowest BCUT2D eigenvalue weighted by Gasteiger charge is -2.44. The van der Waals surface area contributed by atoms with E-state index in [1.807, 2.05) is 18.2 Å². The first-order valence-corrected chi connectivity index (χ1v) is 11.7. The molecule has 0 amide bonds. The Hall–Kier alpha value is -3.12. The Kier molecular flexibility index (Phi) is 11.0. The number of esters is 5. The van der Waals surface area contributed by atoms with Crippen molar-refractivity contribution in [3.8, 4) is 0 Å². The van der Waals surface area contributed by atoms with Crippen molar-refractivity contribution in [1.29, 1.82) is 0 Å². The molecule has 0 aromatic heterocycles. The van der Waals surface area contributed by atoms with Crippen LogP contribution in [0, 0.1) is 0 Å². The standard InChI is InChI=1S/C23H28O11S/c1-13(24)29-11-18-20(31-14(2)25)21(32-15(3)26)22(33-16(4)27)23(34-18)35-12-19(28)30-10-17-8-6-5-7-9-17/h5-9,18,20-23H,10-12H2,1-4H3/t18-,20-,21+,22+,23+/m1/s1. The summed E-state index contributed by atoms with van der Waals surface area (Å²) in [7, 11) is 0. The number of rotatable bonds is 10. The molecule has 0 unspecified atom stereocenters. The summed E-state index contributed by atoms with van der Waals surface area (Å²) >= 11 is 0.934. The van der Waals surface area contributed by atoms with Crippen molar-refractivity contribution in [3.05, 3.63) is 35.9 Å². The molecule has 1 aliphatic rings. The predicted molar refractivity (Wildman–Crippen MR) is 121 cm³/mol. The zero-order chi connectivity index (χ0) is 26.0. The van der Waals surface area contributed by atoms with E-state index in [9.17, 15) is 24.0 Å². The van der Waals surface area contributed by atoms with Crippen LogP contribution in [-0.2, 0) is 59.0 Å². The Morgan fingerprint density at radius 3 is 1.91 bits per heavy atom. The Morgan fingerprint density at radius 1 is 0.771 bits per heavy atom. The van der Waals surface area contributed by atoms with Crippen LogP contribution in [0.5, 0.6) is 0 Å². The number of thioether (sulfide) groups is 1. The molecule has 1 fully saturated rings. The van der Waals surface area contributed by atoms with Crippen LogP contribution in [-0.4, -0.2) is 72.1 Å². The lowest BCUT2D eigenvalue weighted by Crippen LogP contribution is -2.61. The topological polar surface area (TPSA) is 141 Å². The van der Waals surface area contributed by atoms with Crippen molar-refractivity contribution in [2.75, 3.05) is 12.4 Å². The van der Waals surface area contributed by atoms with Gasteiger partial charge in [0, 0.05) is 27.7 Å². The fourth-order valence-electron chi connectivity index (χ4n) is 3.25. The second kappa shape index (κ2) is 13.7. The summed E-state index contributed by atoms with van der Waals surface area (Å²) in [5.74, 6) is -3.54. The molecule has 0 bridgehead atoms. The molecule has 0 spiro atoms. The van der Waals surface area contributed by atoms with Gasteiger partial charge in [-0.3, -0.25) is 24.0 Å². The van der Waals surface area contributed by atoms with Crippen molar-refractivity contribution in [1.82, 2.24) is 0 Å². The molecule has 1 aromatic carbocycles. The first-order valence-electron chi connectivity index (χ1n) is 10.7. The maximum atomic E-state index is 12.3. The number of benzene rings is 1. The third-order valence-corrected chi connectivity index (χ3v) is 5.67. The van der Waals surface area contributed by atoms with Crippen molar-refractivity contribution in [2.24, 2.45) is 0 Å². The Bertz CT molecular complexity index is 904. The molecule has 1 heterocycles. The predicted octanol–water partition coefficient (Wildman–Crippen LogP) is 1.55. The minimum absolute atomic E-state index is 0.0683. The van der Waals surface area contributed by atoms with Crippen molar-refractivity contribution in [2.45, 2.75) is 64.2 Å². The molecular formula is C23H28O11S. The number of hydrogen-bond acceptors (Lipinski definition) is 12. The first kappa shape index (κ1) is 28.1. The van der Waals surface area contributed by atoms with Crippen LogP contribution in [0.4, 0.5) is 0 Å². The van der Waals surface area contributed by atoms with E-state index < -0.39 is 59.7 Å². The Balaban J connectivity index is 2.21. The minimum Gasteiger partial charge on any atom is -0.463 e. The van der Waals surface area contributed by atoms with Crippen molar-refractivity contribution >= 4 is 41.6 Å². The smallest absolute Gasteiger partial charge is 0.316 e. The van der Waals surface area contributed by atoms with E-state index >= 15 is 0 Å². The quantitative estimate of drug-likeness (QED) is 0.332. The average molecular weight is 513 g/mol. The lowest BCUT2D eigenvalue weighted by atomic mass is 9.99. The van der Waals surface area contributed by atoms with Gasteiger partial charge in [0.25, 0.3) is 0 Å². The molecule has 1 saturated heterocycles. The molecule has 0 aliphatic carbocycles. The fraction of sp³-hybridized carbons (Fsp3) is 0.522. The van der Waals surface area contributed by atoms with Crippen LogP contribution >= 0.6 is 11.8 Å². The minimum atomic E-state index is -1.28. The maximum absolute atomic E-state index is 12.3. The Morgan fingerprint density at radius 2 is 1.34 bits per heavy atom. The van der Waals surface area contributed by atoms with Gasteiger partial charge in [-0.15, -0.1) is 11.8 Å². The number of carbonyl (C=O) groups excluding carboxylic acids is 5. The first-order chi connectivity index (χ1) is 16.6. The highest BCUT2D eigenvalue weighted by atomic mass is 32.2. The van der Waals surface area contributed by atoms with Gasteiger partial charge in [-0.2, -0.15) is 0 Å². The maximum Gasteiger partial charge on any atom is 0.316 e. The largest absolute Gasteiger partial charge is 0.463 e. The van der Waals surface area contributed by atoms with Gasteiger partial charge >= 0.3 is 29.8 Å². The second-order valence-electron chi connectivity index (χ2n) is 7.52. The SMILES string of the molecule is CC(=O)OC[C@H]1O[C@@H](SCC(=O)OCc2ccccc2)[C@@H](OC(C)=O)[C@@H](OC(C)=O)[C@@H]1OC(C)=O. The summed E-state index contributed by atoms with van der Waals surface area (Å²) in [5.41, 5.74) is -0.238. The molecule has 35 heavy (non-hydrogen) atoms. The molecular weight excluding hydrogens is 484 g/mol. The van der Waals surface area contributed by atoms with Gasteiger partial charge in [0.15, 0.2) is 18.3 Å². The van der Waals surface area contributed by atoms with E-state index in [0.717, 1.165) is 38.1 Å². The van der Waals surface area contributed by atoms with Crippen molar-refractivity contribution < 1.29 is 52.4 Å². The van der Waals surface area contributed by atoms with Gasteiger partial charge in [-0.25, -0.2) is 0 Å². The molecule has 2 rings (SSSR count). The molecule has 12 heteroatoms. The fourth-order valence-corrected chi connectivity index (χ4v) is 4.26. The van der Waals surface area contributed by atoms with Crippen LogP contribution in [0.3, 0.4) is 0 Å². The molecule has 0 saturated carbocycles. The Labute approximate surface area is 206 Å². The zero-order valence-electron chi connectivity index (χ0n) is 19.8. The van der Waals surface area contributed by atoms with E-state index in [-0.39, 0.29) is 19.0 Å². The summed E-state index contributed by atoms with van der Waals surface area (Å²) in [5, 5.41) is 0. The summed E-state index contributed by atoms with van der Waals surface area (Å²) in [6.45, 7) is 4.33. The number of hydrogen-bond donors (Lipinski definition) is 0. The van der Waals surface area contributed by atoms with Crippen LogP contribution in [0.25, 0.3) is 0 Å². The van der Waals surface area contributed by atoms with Gasteiger partial charge in [0.05, 0.1) is 5.75 Å². The van der Waals surface area contributed by atoms with E-state index in [4.69, 9.17) is 28.4 Å². The highest BCUT2D eigenvalue weighted by molar-refractivity contribution is 8.00. The molecule has 1 aromatic rings. The van der Waals surface area contributed by atoms with E-state index in [0.29, 0.717) is 0 Å². The van der Waals surface area contributed by atoms with Crippen molar-refractivity contribution in [3.63, 3.8) is 0 Å². The summed E-state index contributed by atoms with van der Waals surface area (Å²) < 4.78 is 32.2. The van der Waals surface area contributed by atoms with Crippen LogP contribution < -0.4 is 0 Å². The average Bonchev–Trinajstić information content (AvgIpc) is 2.78. The van der Waals surface area contributed by atoms with E-state index in [2.05, 4.69) is 0 Å². The zero-order valence-corrected chi connectivity index (χ0v) is 20.6. The summed E-state index contributed by atoms with van der Waals surface area (Å²) in [4.78, 5) is 59.1. The lowest BCUT2D eigenvalue weighted by molar-refractivity contribution is -0.237. The summed E-state index contributed by atoms with van der Waals surface area (Å²) in [6.07, 6.45) is -4.84. The normalized spacial score (nSPS) is 23.5. The number of ether oxygens (including phenoxy) is 6. The van der Waals surface area contributed by atoms with Crippen LogP contribution in [0.15, 0.2) is 30.3 Å². The third-order valence-electron chi connectivity index (χ3n) is 4.56. The number of carbonyl (C=O) groups is 5. The van der Waals surface area contributed by atoms with Crippen LogP contribution in [0.2, 0.25) is 0 Å². The molecule has 11 nitrogen and oxygen atoms in total. The van der Waals surface area contributed by atoms with Gasteiger partial charge < -0.3 is 28.4 Å². The highest BCUT2D eigenvalue weighted by Crippen LogP contribution is 2.34. The van der Waals surface area contributed by atoms with Gasteiger partial charge in [-0.05, 0) is 5.56 Å². The van der Waals surface area contributed by atoms with Gasteiger partial charge in [-0.1, -0.05) is 30.3 Å². The van der Waals surface area contributed by atoms with Crippen LogP contribution in [0.1, 0.15) is 33.3 Å². The van der Waals surface area contributed by atoms with Gasteiger partial charge in [0.2, 0.25) is 0 Å². The monoisotopic (exact) mass is 512 g/mol. The molecule has 0 radical (unpaired) electrons. The van der Waals surface area contributed by atoms with E-state index in [1.54, 1.807) is 12.1 Å². The molecule has 5 atom stereocenters. The highest BCUT2D eigenvalue weighted by Gasteiger charge is 2.52. The molecule has 192 valence electrons. The molecule has 1 aliphatic heterocycles. The molecule has 0 N–H and O–H groups in total. The summed E-state index contributed by atoms with van der Waals surface area (Å²) in [6, 6.07) is 9.08.